The fourth-order valence-corrected chi connectivity index (χ4v) is 3.43. The molecule has 2 aromatic rings. The van der Waals surface area contributed by atoms with Gasteiger partial charge in [-0.2, -0.15) is 5.10 Å². The lowest BCUT2D eigenvalue weighted by Gasteiger charge is -2.08. The topological polar surface area (TPSA) is 90.3 Å². The fourth-order valence-electron chi connectivity index (χ4n) is 2.30. The molecule has 24 heavy (non-hydrogen) atoms. The number of carbonyl (C=O) groups excluding carboxylic acids is 2. The Balaban J connectivity index is 2.38. The molecule has 7 nitrogen and oxygen atoms in total. The van der Waals surface area contributed by atoms with Crippen LogP contribution in [-0.2, 0) is 18.2 Å². The molecule has 0 saturated heterocycles. The fraction of sp³-hybridized carbons (Fsp3) is 0.375. The Morgan fingerprint density at radius 2 is 2.04 bits per heavy atom. The predicted molar refractivity (Wildman–Crippen MR) is 91.8 cm³/mol. The molecule has 0 aliphatic heterocycles. The van der Waals surface area contributed by atoms with Gasteiger partial charge in [0.1, 0.15) is 10.7 Å². The van der Waals surface area contributed by atoms with Crippen LogP contribution in [0.5, 0.6) is 0 Å². The zero-order chi connectivity index (χ0) is 17.9. The second-order valence-electron chi connectivity index (χ2n) is 5.05. The molecule has 0 saturated carbocycles. The highest BCUT2D eigenvalue weighted by Gasteiger charge is 2.24. The number of anilines is 1. The maximum Gasteiger partial charge on any atom is 0.341 e. The van der Waals surface area contributed by atoms with Crippen molar-refractivity contribution in [2.45, 2.75) is 27.2 Å². The quantitative estimate of drug-likeness (QED) is 0.835. The van der Waals surface area contributed by atoms with E-state index in [-0.39, 0.29) is 17.9 Å². The summed E-state index contributed by atoms with van der Waals surface area (Å²) in [6.07, 6.45) is 0.657. The number of nitrogens with one attached hydrogen (secondary N) is 1. The average molecular weight is 349 g/mol. The number of ether oxygens (including phenoxy) is 1. The van der Waals surface area contributed by atoms with E-state index in [1.54, 1.807) is 6.92 Å². The monoisotopic (exact) mass is 349 g/mol. The van der Waals surface area contributed by atoms with Gasteiger partial charge in [0.2, 0.25) is 0 Å². The van der Waals surface area contributed by atoms with Crippen molar-refractivity contribution in [2.75, 3.05) is 11.9 Å². The van der Waals surface area contributed by atoms with Gasteiger partial charge < -0.3 is 10.1 Å². The number of hydrogen-bond donors (Lipinski definition) is 1. The highest BCUT2D eigenvalue weighted by atomic mass is 32.1. The van der Waals surface area contributed by atoms with E-state index in [9.17, 15) is 14.4 Å². The Morgan fingerprint density at radius 3 is 2.62 bits per heavy atom. The van der Waals surface area contributed by atoms with Crippen LogP contribution in [0.25, 0.3) is 0 Å². The summed E-state index contributed by atoms with van der Waals surface area (Å²) in [5.74, 6) is -0.942. The number of thiophene rings is 1. The highest BCUT2D eigenvalue weighted by molar-refractivity contribution is 7.16. The van der Waals surface area contributed by atoms with Crippen molar-refractivity contribution in [3.05, 3.63) is 44.2 Å². The SMILES string of the molecule is CCOC(=O)c1c(NC(=O)c2ccc(=O)n(C)n2)sc(C)c1CC. The number of aromatic nitrogens is 2. The number of hydrogen-bond acceptors (Lipinski definition) is 6. The maximum absolute atomic E-state index is 12.4. The van der Waals surface area contributed by atoms with E-state index >= 15 is 0 Å². The Hall–Kier alpha value is -2.48. The van der Waals surface area contributed by atoms with Crippen LogP contribution >= 0.6 is 11.3 Å². The van der Waals surface area contributed by atoms with E-state index in [0.717, 1.165) is 15.1 Å². The molecular formula is C16H19N3O4S. The number of esters is 1. The molecule has 0 aliphatic rings. The third kappa shape index (κ3) is 3.53. The highest BCUT2D eigenvalue weighted by Crippen LogP contribution is 2.34. The molecule has 0 aliphatic carbocycles. The largest absolute Gasteiger partial charge is 0.462 e. The zero-order valence-electron chi connectivity index (χ0n) is 14.0. The minimum absolute atomic E-state index is 0.0935. The van der Waals surface area contributed by atoms with Crippen LogP contribution in [-0.4, -0.2) is 28.3 Å². The molecule has 1 N–H and O–H groups in total. The first-order valence-electron chi connectivity index (χ1n) is 7.54. The molecule has 128 valence electrons. The van der Waals surface area contributed by atoms with Gasteiger partial charge >= 0.3 is 5.97 Å². The first kappa shape index (κ1) is 17.9. The average Bonchev–Trinajstić information content (AvgIpc) is 2.85. The van der Waals surface area contributed by atoms with Crippen LogP contribution < -0.4 is 10.9 Å². The first-order chi connectivity index (χ1) is 11.4. The molecule has 2 rings (SSSR count). The van der Waals surface area contributed by atoms with Gasteiger partial charge in [0.25, 0.3) is 11.5 Å². The van der Waals surface area contributed by atoms with Crippen molar-refractivity contribution in [1.82, 2.24) is 9.78 Å². The van der Waals surface area contributed by atoms with Gasteiger partial charge in [0, 0.05) is 18.0 Å². The van der Waals surface area contributed by atoms with Crippen molar-refractivity contribution in [3.8, 4) is 0 Å². The van der Waals surface area contributed by atoms with Crippen LogP contribution in [0.15, 0.2) is 16.9 Å². The molecule has 0 unspecified atom stereocenters. The summed E-state index contributed by atoms with van der Waals surface area (Å²) in [6, 6.07) is 2.62. The van der Waals surface area contributed by atoms with E-state index in [0.29, 0.717) is 17.0 Å². The van der Waals surface area contributed by atoms with Crippen molar-refractivity contribution < 1.29 is 14.3 Å². The predicted octanol–water partition coefficient (Wildman–Crippen LogP) is 2.14. The van der Waals surface area contributed by atoms with Crippen LogP contribution in [0.3, 0.4) is 0 Å². The number of aryl methyl sites for hydroxylation is 2. The minimum atomic E-state index is -0.486. The molecule has 0 spiro atoms. The van der Waals surface area contributed by atoms with E-state index < -0.39 is 11.9 Å². The summed E-state index contributed by atoms with van der Waals surface area (Å²) >= 11 is 1.32. The molecule has 2 aromatic heterocycles. The molecule has 2 heterocycles. The molecule has 0 radical (unpaired) electrons. The lowest BCUT2D eigenvalue weighted by Crippen LogP contribution is -2.24. The van der Waals surface area contributed by atoms with E-state index in [2.05, 4.69) is 10.4 Å². The van der Waals surface area contributed by atoms with Crippen LogP contribution in [0.1, 0.15) is 45.1 Å². The Kier molecular flexibility index (Phi) is 5.50. The van der Waals surface area contributed by atoms with Gasteiger partial charge in [-0.05, 0) is 31.9 Å². The van der Waals surface area contributed by atoms with Crippen molar-refractivity contribution >= 4 is 28.2 Å². The minimum Gasteiger partial charge on any atom is -0.462 e. The second kappa shape index (κ2) is 7.39. The van der Waals surface area contributed by atoms with Crippen molar-refractivity contribution in [3.63, 3.8) is 0 Å². The number of carbonyl (C=O) groups is 2. The molecule has 0 aromatic carbocycles. The van der Waals surface area contributed by atoms with Gasteiger partial charge in [-0.25, -0.2) is 9.48 Å². The Bertz CT molecular complexity index is 838. The Morgan fingerprint density at radius 1 is 1.33 bits per heavy atom. The molecule has 0 bridgehead atoms. The molecule has 0 atom stereocenters. The van der Waals surface area contributed by atoms with E-state index in [1.165, 1.54) is 30.5 Å². The third-order valence-corrected chi connectivity index (χ3v) is 4.53. The maximum atomic E-state index is 12.4. The normalized spacial score (nSPS) is 10.5. The van der Waals surface area contributed by atoms with E-state index in [1.807, 2.05) is 13.8 Å². The van der Waals surface area contributed by atoms with Crippen LogP contribution in [0.4, 0.5) is 5.00 Å². The number of nitrogens with zero attached hydrogens (tertiary/aromatic N) is 2. The van der Waals surface area contributed by atoms with Crippen LogP contribution in [0.2, 0.25) is 0 Å². The molecule has 0 fully saturated rings. The Labute approximate surface area is 143 Å². The molecular weight excluding hydrogens is 330 g/mol. The van der Waals surface area contributed by atoms with Gasteiger partial charge in [-0.1, -0.05) is 6.92 Å². The summed E-state index contributed by atoms with van der Waals surface area (Å²) < 4.78 is 6.18. The summed E-state index contributed by atoms with van der Waals surface area (Å²) in [4.78, 5) is 36.9. The smallest absolute Gasteiger partial charge is 0.341 e. The first-order valence-corrected chi connectivity index (χ1v) is 8.35. The zero-order valence-corrected chi connectivity index (χ0v) is 14.8. The number of rotatable bonds is 5. The van der Waals surface area contributed by atoms with Gasteiger partial charge in [-0.15, -0.1) is 11.3 Å². The second-order valence-corrected chi connectivity index (χ2v) is 6.27. The summed E-state index contributed by atoms with van der Waals surface area (Å²) in [5.41, 5.74) is 1.04. The van der Waals surface area contributed by atoms with Gasteiger partial charge in [-0.3, -0.25) is 9.59 Å². The van der Waals surface area contributed by atoms with Gasteiger partial charge in [0.15, 0.2) is 0 Å². The summed E-state index contributed by atoms with van der Waals surface area (Å²) in [5, 5.41) is 7.05. The van der Waals surface area contributed by atoms with Crippen molar-refractivity contribution in [1.29, 1.82) is 0 Å². The lowest BCUT2D eigenvalue weighted by molar-refractivity contribution is 0.0527. The molecule has 8 heteroatoms. The van der Waals surface area contributed by atoms with Gasteiger partial charge in [0.05, 0.1) is 12.2 Å². The summed E-state index contributed by atoms with van der Waals surface area (Å²) in [6.45, 7) is 5.83. The van der Waals surface area contributed by atoms with E-state index in [4.69, 9.17) is 4.74 Å². The van der Waals surface area contributed by atoms with Crippen molar-refractivity contribution in [2.24, 2.45) is 7.05 Å². The number of amides is 1. The van der Waals surface area contributed by atoms with Crippen LogP contribution in [0, 0.1) is 6.92 Å². The lowest BCUT2D eigenvalue weighted by atomic mass is 10.1. The summed E-state index contributed by atoms with van der Waals surface area (Å²) in [7, 11) is 1.47. The standard InChI is InChI=1S/C16H19N3O4S/c1-5-10-9(3)24-15(13(10)16(22)23-6-2)17-14(21)11-7-8-12(20)19(4)18-11/h7-8H,5-6H2,1-4H3,(H,17,21). The molecule has 1 amide bonds. The third-order valence-electron chi connectivity index (χ3n) is 3.46.